The molecule has 0 aliphatic rings. The van der Waals surface area contributed by atoms with Crippen molar-refractivity contribution in [1.29, 1.82) is 0 Å². The van der Waals surface area contributed by atoms with Crippen molar-refractivity contribution in [2.45, 2.75) is 6.04 Å². The minimum absolute atomic E-state index is 0.0624. The third-order valence-corrected chi connectivity index (χ3v) is 4.72. The van der Waals surface area contributed by atoms with Crippen LogP contribution in [0.2, 0.25) is 5.02 Å². The van der Waals surface area contributed by atoms with Gasteiger partial charge >= 0.3 is 0 Å². The molecule has 0 aromatic heterocycles. The van der Waals surface area contributed by atoms with E-state index in [-0.39, 0.29) is 12.6 Å². The zero-order chi connectivity index (χ0) is 15.4. The normalized spacial score (nSPS) is 12.0. The van der Waals surface area contributed by atoms with E-state index in [1.54, 1.807) is 13.2 Å². The summed E-state index contributed by atoms with van der Waals surface area (Å²) in [6, 6.07) is 10.9. The van der Waals surface area contributed by atoms with Crippen LogP contribution in [0.5, 0.6) is 5.75 Å². The molecule has 2 aromatic carbocycles. The Labute approximate surface area is 145 Å². The molecule has 0 aliphatic carbocycles. The van der Waals surface area contributed by atoms with E-state index in [1.165, 1.54) is 0 Å². The molecule has 112 valence electrons. The third kappa shape index (κ3) is 4.13. The van der Waals surface area contributed by atoms with Crippen molar-refractivity contribution in [3.63, 3.8) is 0 Å². The van der Waals surface area contributed by atoms with Crippen molar-refractivity contribution in [2.75, 3.05) is 19.0 Å². The van der Waals surface area contributed by atoms with Gasteiger partial charge in [0.2, 0.25) is 0 Å². The van der Waals surface area contributed by atoms with Crippen molar-refractivity contribution in [3.05, 3.63) is 55.9 Å². The number of nitrogens with one attached hydrogen (secondary N) is 1. The highest BCUT2D eigenvalue weighted by Gasteiger charge is 2.16. The number of halogens is 3. The van der Waals surface area contributed by atoms with Gasteiger partial charge in [0.15, 0.2) is 0 Å². The number of rotatable bonds is 5. The van der Waals surface area contributed by atoms with Crippen LogP contribution in [0.3, 0.4) is 0 Å². The van der Waals surface area contributed by atoms with Gasteiger partial charge in [-0.1, -0.05) is 27.5 Å². The average molecular weight is 436 g/mol. The van der Waals surface area contributed by atoms with Gasteiger partial charge in [-0.2, -0.15) is 0 Å². The van der Waals surface area contributed by atoms with Gasteiger partial charge in [0.25, 0.3) is 0 Å². The number of ether oxygens (including phenoxy) is 1. The summed E-state index contributed by atoms with van der Waals surface area (Å²) < 4.78 is 7.09. The summed E-state index contributed by atoms with van der Waals surface area (Å²) in [6.07, 6.45) is 0. The molecule has 0 aliphatic heterocycles. The van der Waals surface area contributed by atoms with Gasteiger partial charge in [0.1, 0.15) is 5.75 Å². The number of aliphatic hydroxyl groups excluding tert-OH is 1. The summed E-state index contributed by atoms with van der Waals surface area (Å²) in [7, 11) is 1.61. The van der Waals surface area contributed by atoms with Crippen LogP contribution in [-0.4, -0.2) is 18.8 Å². The molecule has 21 heavy (non-hydrogen) atoms. The highest BCUT2D eigenvalue weighted by atomic mass is 79.9. The second kappa shape index (κ2) is 7.49. The molecule has 2 rings (SSSR count). The first-order chi connectivity index (χ1) is 10.0. The lowest BCUT2D eigenvalue weighted by atomic mass is 10.1. The fraction of sp³-hybridized carbons (Fsp3) is 0.200. The highest BCUT2D eigenvalue weighted by Crippen LogP contribution is 2.32. The largest absolute Gasteiger partial charge is 0.496 e. The predicted octanol–water partition coefficient (Wildman–Crippen LogP) is 5.02. The van der Waals surface area contributed by atoms with Gasteiger partial charge in [-0.3, -0.25) is 0 Å². The number of anilines is 1. The quantitative estimate of drug-likeness (QED) is 0.693. The Bertz CT molecular complexity index is 637. The molecular formula is C15H14Br2ClNO2. The molecule has 0 heterocycles. The maximum absolute atomic E-state index is 9.70. The minimum atomic E-state index is -0.287. The van der Waals surface area contributed by atoms with Crippen LogP contribution >= 0.6 is 43.5 Å². The van der Waals surface area contributed by atoms with Crippen molar-refractivity contribution in [3.8, 4) is 5.75 Å². The summed E-state index contributed by atoms with van der Waals surface area (Å²) in [5.74, 6) is 0.720. The summed E-state index contributed by atoms with van der Waals surface area (Å²) in [5, 5.41) is 13.6. The molecule has 6 heteroatoms. The maximum atomic E-state index is 9.70. The lowest BCUT2D eigenvalue weighted by molar-refractivity contribution is 0.273. The topological polar surface area (TPSA) is 41.5 Å². The van der Waals surface area contributed by atoms with Crippen LogP contribution in [0, 0.1) is 0 Å². The van der Waals surface area contributed by atoms with Crippen LogP contribution in [0.1, 0.15) is 11.6 Å². The highest BCUT2D eigenvalue weighted by molar-refractivity contribution is 9.10. The molecule has 0 spiro atoms. The Morgan fingerprint density at radius 2 is 2.00 bits per heavy atom. The number of aliphatic hydroxyl groups is 1. The molecule has 0 radical (unpaired) electrons. The first kappa shape index (κ1) is 16.6. The number of hydrogen-bond donors (Lipinski definition) is 2. The zero-order valence-corrected chi connectivity index (χ0v) is 15.2. The van der Waals surface area contributed by atoms with Crippen LogP contribution < -0.4 is 10.1 Å². The molecule has 3 nitrogen and oxygen atoms in total. The smallest absolute Gasteiger partial charge is 0.124 e. The Morgan fingerprint density at radius 3 is 2.62 bits per heavy atom. The standard InChI is InChI=1S/C15H14Br2ClNO2/c1-21-15-5-2-9(16)6-11(15)14(8-20)19-10-3-4-13(18)12(17)7-10/h2-7,14,19-20H,8H2,1H3. The van der Waals surface area contributed by atoms with E-state index >= 15 is 0 Å². The second-order valence-electron chi connectivity index (χ2n) is 4.39. The summed E-state index contributed by atoms with van der Waals surface area (Å²) in [4.78, 5) is 0. The van der Waals surface area contributed by atoms with Crippen LogP contribution in [-0.2, 0) is 0 Å². The van der Waals surface area contributed by atoms with Crippen LogP contribution in [0.4, 0.5) is 5.69 Å². The predicted molar refractivity (Wildman–Crippen MR) is 93.3 cm³/mol. The van der Waals surface area contributed by atoms with Crippen molar-refractivity contribution in [2.24, 2.45) is 0 Å². The van der Waals surface area contributed by atoms with Gasteiger partial charge in [-0.25, -0.2) is 0 Å². The molecular weight excluding hydrogens is 421 g/mol. The molecule has 0 saturated carbocycles. The van der Waals surface area contributed by atoms with Crippen molar-refractivity contribution in [1.82, 2.24) is 0 Å². The molecule has 0 fully saturated rings. The molecule has 2 N–H and O–H groups in total. The molecule has 0 bridgehead atoms. The third-order valence-electron chi connectivity index (χ3n) is 3.01. The number of benzene rings is 2. The Kier molecular flexibility index (Phi) is 5.93. The molecule has 0 amide bonds. The lowest BCUT2D eigenvalue weighted by Crippen LogP contribution is -2.16. The first-order valence-corrected chi connectivity index (χ1v) is 8.17. The summed E-state index contributed by atoms with van der Waals surface area (Å²) in [5.41, 5.74) is 1.73. The van der Waals surface area contributed by atoms with Gasteiger partial charge in [0, 0.05) is 20.2 Å². The summed E-state index contributed by atoms with van der Waals surface area (Å²) in [6.45, 7) is -0.0624. The van der Waals surface area contributed by atoms with E-state index in [9.17, 15) is 5.11 Å². The average Bonchev–Trinajstić information content (AvgIpc) is 2.48. The molecule has 1 unspecified atom stereocenters. The van der Waals surface area contributed by atoms with Crippen molar-refractivity contribution >= 4 is 49.1 Å². The van der Waals surface area contributed by atoms with Gasteiger partial charge in [-0.15, -0.1) is 0 Å². The van der Waals surface area contributed by atoms with E-state index in [0.717, 1.165) is 25.9 Å². The van der Waals surface area contributed by atoms with E-state index in [2.05, 4.69) is 37.2 Å². The second-order valence-corrected chi connectivity index (χ2v) is 6.57. The fourth-order valence-electron chi connectivity index (χ4n) is 1.99. The van der Waals surface area contributed by atoms with Crippen molar-refractivity contribution < 1.29 is 9.84 Å². The lowest BCUT2D eigenvalue weighted by Gasteiger charge is -2.21. The molecule has 2 aromatic rings. The Balaban J connectivity index is 2.31. The van der Waals surface area contributed by atoms with E-state index < -0.39 is 0 Å². The SMILES string of the molecule is COc1ccc(Br)cc1C(CO)Nc1ccc(Cl)c(Br)c1. The molecule has 0 saturated heterocycles. The van der Waals surface area contributed by atoms with E-state index in [4.69, 9.17) is 16.3 Å². The maximum Gasteiger partial charge on any atom is 0.124 e. The van der Waals surface area contributed by atoms with Gasteiger partial charge < -0.3 is 15.2 Å². The van der Waals surface area contributed by atoms with Crippen LogP contribution in [0.15, 0.2) is 45.3 Å². The number of hydrogen-bond acceptors (Lipinski definition) is 3. The molecule has 1 atom stereocenters. The first-order valence-electron chi connectivity index (χ1n) is 6.21. The number of methoxy groups -OCH3 is 1. The van der Waals surface area contributed by atoms with E-state index in [1.807, 2.05) is 30.3 Å². The van der Waals surface area contributed by atoms with Crippen LogP contribution in [0.25, 0.3) is 0 Å². The summed E-state index contributed by atoms with van der Waals surface area (Å²) >= 11 is 12.8. The van der Waals surface area contributed by atoms with E-state index in [0.29, 0.717) is 5.02 Å². The van der Waals surface area contributed by atoms with Gasteiger partial charge in [-0.05, 0) is 52.3 Å². The Hall–Kier alpha value is -0.750. The zero-order valence-electron chi connectivity index (χ0n) is 11.2. The monoisotopic (exact) mass is 433 g/mol. The van der Waals surface area contributed by atoms with Gasteiger partial charge in [0.05, 0.1) is 24.8 Å². The fourth-order valence-corrected chi connectivity index (χ4v) is 2.86. The Morgan fingerprint density at radius 1 is 1.24 bits per heavy atom. The minimum Gasteiger partial charge on any atom is -0.496 e.